The molecule has 136 valence electrons. The number of amides is 1. The molecule has 0 bridgehead atoms. The average molecular weight is 340 g/mol. The number of carbonyl (C=O) groups excluding carboxylic acids is 1. The summed E-state index contributed by atoms with van der Waals surface area (Å²) in [5, 5.41) is 13.4. The molecule has 0 saturated carbocycles. The molecular formula is C17H28N2O5. The van der Waals surface area contributed by atoms with Gasteiger partial charge in [-0.05, 0) is 34.6 Å². The van der Waals surface area contributed by atoms with Gasteiger partial charge in [-0.1, -0.05) is 6.58 Å². The van der Waals surface area contributed by atoms with Crippen molar-refractivity contribution in [1.82, 2.24) is 10.2 Å². The number of hydrogen-bond acceptors (Lipinski definition) is 6. The lowest BCUT2D eigenvalue weighted by Crippen LogP contribution is -2.47. The minimum atomic E-state index is -0.910. The summed E-state index contributed by atoms with van der Waals surface area (Å²) in [5.74, 6) is 0.0969. The van der Waals surface area contributed by atoms with Crippen molar-refractivity contribution in [3.63, 3.8) is 0 Å². The molecule has 0 aromatic heterocycles. The van der Waals surface area contributed by atoms with E-state index in [1.165, 1.54) is 6.08 Å². The van der Waals surface area contributed by atoms with Gasteiger partial charge in [-0.3, -0.25) is 4.79 Å². The van der Waals surface area contributed by atoms with Crippen molar-refractivity contribution in [3.05, 3.63) is 24.7 Å². The summed E-state index contributed by atoms with van der Waals surface area (Å²) in [7, 11) is 0. The van der Waals surface area contributed by atoms with Crippen LogP contribution < -0.4 is 5.32 Å². The largest absolute Gasteiger partial charge is 0.386 e. The Kier molecular flexibility index (Phi) is 6.03. The molecule has 0 radical (unpaired) electrons. The second kappa shape index (κ2) is 7.65. The fraction of sp³-hybridized carbons (Fsp3) is 0.706. The van der Waals surface area contributed by atoms with Gasteiger partial charge in [0.2, 0.25) is 0 Å². The van der Waals surface area contributed by atoms with Gasteiger partial charge in [-0.2, -0.15) is 0 Å². The Bertz CT molecular complexity index is 505. The summed E-state index contributed by atoms with van der Waals surface area (Å²) in [5.41, 5.74) is 0. The Balaban J connectivity index is 2.20. The van der Waals surface area contributed by atoms with Gasteiger partial charge < -0.3 is 29.5 Å². The van der Waals surface area contributed by atoms with Crippen LogP contribution in [0.2, 0.25) is 0 Å². The molecule has 2 unspecified atom stereocenters. The highest BCUT2D eigenvalue weighted by Gasteiger charge is 2.50. The molecule has 5 atom stereocenters. The van der Waals surface area contributed by atoms with Crippen LogP contribution in [0.1, 0.15) is 34.6 Å². The Labute approximate surface area is 143 Å². The van der Waals surface area contributed by atoms with Gasteiger partial charge in [-0.25, -0.2) is 0 Å². The van der Waals surface area contributed by atoms with Crippen LogP contribution in [-0.4, -0.2) is 58.8 Å². The van der Waals surface area contributed by atoms with Gasteiger partial charge in [-0.15, -0.1) is 0 Å². The second-order valence-corrected chi connectivity index (χ2v) is 6.68. The minimum absolute atomic E-state index is 0.0311. The fourth-order valence-corrected chi connectivity index (χ4v) is 2.99. The highest BCUT2D eigenvalue weighted by Crippen LogP contribution is 2.32. The van der Waals surface area contributed by atoms with E-state index in [0.717, 1.165) is 0 Å². The summed E-state index contributed by atoms with van der Waals surface area (Å²) >= 11 is 0. The SMILES string of the molecule is C=C1NC(=O)C=CN1[C@@H]1O[C@H](C(C)OC(C)C)C(OC(C)C)[C@@H]1O. The maximum atomic E-state index is 11.4. The lowest BCUT2D eigenvalue weighted by molar-refractivity contribution is -0.135. The highest BCUT2D eigenvalue weighted by molar-refractivity contribution is 5.89. The standard InChI is InChI=1S/C17H28N2O5/c1-9(2)22-11(5)15-16(23-10(3)4)14(21)17(24-15)19-8-7-13(20)18-12(19)6/h7-11,14-17,21H,6H2,1-5H3,(H,18,20)/t11?,14-,15+,16?,17+/m0/s1. The minimum Gasteiger partial charge on any atom is -0.386 e. The second-order valence-electron chi connectivity index (χ2n) is 6.68. The Morgan fingerprint density at radius 3 is 2.50 bits per heavy atom. The van der Waals surface area contributed by atoms with E-state index < -0.39 is 24.5 Å². The van der Waals surface area contributed by atoms with Crippen LogP contribution in [0.3, 0.4) is 0 Å². The number of ether oxygens (including phenoxy) is 3. The first-order chi connectivity index (χ1) is 11.2. The van der Waals surface area contributed by atoms with E-state index in [2.05, 4.69) is 11.9 Å². The molecule has 1 saturated heterocycles. The van der Waals surface area contributed by atoms with Gasteiger partial charge in [0.05, 0.1) is 18.3 Å². The van der Waals surface area contributed by atoms with Crippen molar-refractivity contribution < 1.29 is 24.1 Å². The van der Waals surface area contributed by atoms with E-state index >= 15 is 0 Å². The fourth-order valence-electron chi connectivity index (χ4n) is 2.99. The molecular weight excluding hydrogens is 312 g/mol. The number of hydrogen-bond donors (Lipinski definition) is 2. The number of nitrogens with one attached hydrogen (secondary N) is 1. The predicted molar refractivity (Wildman–Crippen MR) is 88.6 cm³/mol. The molecule has 1 fully saturated rings. The topological polar surface area (TPSA) is 80.3 Å². The molecule has 1 amide bonds. The third-order valence-corrected chi connectivity index (χ3v) is 3.87. The third-order valence-electron chi connectivity index (χ3n) is 3.87. The first kappa shape index (κ1) is 18.9. The van der Waals surface area contributed by atoms with Gasteiger partial charge in [0.25, 0.3) is 5.91 Å². The van der Waals surface area contributed by atoms with Crippen molar-refractivity contribution in [3.8, 4) is 0 Å². The molecule has 2 aliphatic rings. The Morgan fingerprint density at radius 2 is 1.96 bits per heavy atom. The van der Waals surface area contributed by atoms with E-state index in [-0.39, 0.29) is 24.2 Å². The van der Waals surface area contributed by atoms with E-state index in [1.807, 2.05) is 34.6 Å². The summed E-state index contributed by atoms with van der Waals surface area (Å²) in [6, 6.07) is 0. The van der Waals surface area contributed by atoms with Gasteiger partial charge >= 0.3 is 0 Å². The summed E-state index contributed by atoms with van der Waals surface area (Å²) in [6.07, 6.45) is 0.0289. The Hall–Kier alpha value is -1.41. The maximum absolute atomic E-state index is 11.4. The molecule has 0 aliphatic carbocycles. The third kappa shape index (κ3) is 4.16. The highest BCUT2D eigenvalue weighted by atomic mass is 16.6. The molecule has 2 heterocycles. The van der Waals surface area contributed by atoms with Crippen LogP contribution >= 0.6 is 0 Å². The normalized spacial score (nSPS) is 31.9. The molecule has 2 aliphatic heterocycles. The lowest BCUT2D eigenvalue weighted by Gasteiger charge is -2.32. The van der Waals surface area contributed by atoms with E-state index in [0.29, 0.717) is 5.82 Å². The van der Waals surface area contributed by atoms with Crippen LogP contribution in [0.15, 0.2) is 24.7 Å². The zero-order valence-corrected chi connectivity index (χ0v) is 14.9. The van der Waals surface area contributed by atoms with Gasteiger partial charge in [0.15, 0.2) is 6.23 Å². The number of carbonyl (C=O) groups is 1. The summed E-state index contributed by atoms with van der Waals surface area (Å²) < 4.78 is 17.8. The number of aliphatic hydroxyl groups is 1. The molecule has 0 aromatic carbocycles. The van der Waals surface area contributed by atoms with Crippen LogP contribution in [0.4, 0.5) is 0 Å². The summed E-state index contributed by atoms with van der Waals surface area (Å²) in [4.78, 5) is 13.0. The molecule has 0 spiro atoms. The molecule has 0 aromatic rings. The monoisotopic (exact) mass is 340 g/mol. The number of rotatable bonds is 6. The molecule has 7 nitrogen and oxygen atoms in total. The van der Waals surface area contributed by atoms with Crippen LogP contribution in [0, 0.1) is 0 Å². The van der Waals surface area contributed by atoms with Gasteiger partial charge in [0, 0.05) is 12.3 Å². The Morgan fingerprint density at radius 1 is 1.29 bits per heavy atom. The predicted octanol–water partition coefficient (Wildman–Crippen LogP) is 1.10. The molecule has 2 N–H and O–H groups in total. The van der Waals surface area contributed by atoms with Crippen molar-refractivity contribution >= 4 is 5.91 Å². The van der Waals surface area contributed by atoms with Crippen molar-refractivity contribution in [1.29, 1.82) is 0 Å². The van der Waals surface area contributed by atoms with Crippen LogP contribution in [-0.2, 0) is 19.0 Å². The van der Waals surface area contributed by atoms with E-state index in [4.69, 9.17) is 14.2 Å². The number of aliphatic hydroxyl groups excluding tert-OH is 1. The first-order valence-electron chi connectivity index (χ1n) is 8.31. The average Bonchev–Trinajstić information content (AvgIpc) is 2.75. The van der Waals surface area contributed by atoms with Crippen molar-refractivity contribution in [2.45, 2.75) is 77.5 Å². The maximum Gasteiger partial charge on any atom is 0.250 e. The zero-order chi connectivity index (χ0) is 18.0. The molecule has 7 heteroatoms. The molecule has 2 rings (SSSR count). The van der Waals surface area contributed by atoms with Gasteiger partial charge in [0.1, 0.15) is 24.1 Å². The first-order valence-corrected chi connectivity index (χ1v) is 8.31. The zero-order valence-electron chi connectivity index (χ0n) is 14.9. The van der Waals surface area contributed by atoms with Crippen molar-refractivity contribution in [2.75, 3.05) is 0 Å². The quantitative estimate of drug-likeness (QED) is 0.754. The number of nitrogens with zero attached hydrogens (tertiary/aromatic N) is 1. The molecule has 24 heavy (non-hydrogen) atoms. The smallest absolute Gasteiger partial charge is 0.250 e. The van der Waals surface area contributed by atoms with Crippen molar-refractivity contribution in [2.24, 2.45) is 0 Å². The van der Waals surface area contributed by atoms with Crippen LogP contribution in [0.5, 0.6) is 0 Å². The lowest BCUT2D eigenvalue weighted by atomic mass is 10.1. The van der Waals surface area contributed by atoms with E-state index in [1.54, 1.807) is 11.1 Å². The summed E-state index contributed by atoms with van der Waals surface area (Å²) in [6.45, 7) is 13.4. The van der Waals surface area contributed by atoms with E-state index in [9.17, 15) is 9.90 Å². The van der Waals surface area contributed by atoms with Crippen LogP contribution in [0.25, 0.3) is 0 Å².